The van der Waals surface area contributed by atoms with Crippen molar-refractivity contribution in [3.8, 4) is 0 Å². The van der Waals surface area contributed by atoms with Gasteiger partial charge in [0, 0.05) is 92.2 Å². The van der Waals surface area contributed by atoms with Crippen LogP contribution >= 0.6 is 57.7 Å². The van der Waals surface area contributed by atoms with Crippen LogP contribution in [-0.4, -0.2) is 112 Å². The summed E-state index contributed by atoms with van der Waals surface area (Å²) in [7, 11) is 1.60. The number of halogens is 4. The molecular weight excluding hydrogens is 886 g/mol. The maximum atomic E-state index is 14.8. The highest BCUT2D eigenvalue weighted by Crippen LogP contribution is 2.47. The standard InChI is InChI=1S/C40H37Cl3N8O6S.C2H5Cl/c1-3-49-35(54)39(46-37(49)56)19-45-16-28(39)22-4-8-24(9-5-22)33(44)25-10-6-23(7-11-25)29-18-48(17-27-12-13-30(58-27)34(52)53)20-40(29)36(55)51(38(57)47(40)2)26-14-31(42)50(21-41)32(43)15-26;1-2-3/h4-15,28-29,44-45H,3,16-21H2,1-2H3,(H-,46,52,53,56);2H2,1H3/p+1/t28-,29-,39+,40+;/m0./s1. The molecule has 4 N–H and O–H groups in total. The summed E-state index contributed by atoms with van der Waals surface area (Å²) >= 11 is 25.1. The quantitative estimate of drug-likeness (QED) is 0.0470. The summed E-state index contributed by atoms with van der Waals surface area (Å²) in [5.41, 5.74) is 0.971. The summed E-state index contributed by atoms with van der Waals surface area (Å²) in [5.74, 6) is -1.79. The van der Waals surface area contributed by atoms with Gasteiger partial charge < -0.3 is 20.6 Å². The van der Waals surface area contributed by atoms with Crippen LogP contribution in [-0.2, 0) is 22.1 Å². The van der Waals surface area contributed by atoms with Crippen molar-refractivity contribution in [1.29, 1.82) is 5.41 Å². The number of benzene rings is 2. The number of anilines is 1. The van der Waals surface area contributed by atoms with Gasteiger partial charge in [0.1, 0.15) is 16.0 Å². The molecular formula is C42H43Cl4N8O6S+. The number of alkyl halides is 2. The number of imide groups is 2. The number of hydrogen-bond donors (Lipinski definition) is 4. The Balaban J connectivity index is 0.00000182. The number of carbonyl (C=O) groups is 5. The van der Waals surface area contributed by atoms with Crippen LogP contribution in [0.5, 0.6) is 0 Å². The predicted octanol–water partition coefficient (Wildman–Crippen LogP) is 6.33. The first-order valence-electron chi connectivity index (χ1n) is 19.5. The number of carboxylic acids is 1. The van der Waals surface area contributed by atoms with Gasteiger partial charge in [0.25, 0.3) is 22.1 Å². The molecule has 2 aromatic carbocycles. The van der Waals surface area contributed by atoms with Gasteiger partial charge in [0.15, 0.2) is 0 Å². The smallest absolute Gasteiger partial charge is 0.345 e. The number of carboxylic acid groups (broad SMARTS) is 1. The third kappa shape index (κ3) is 7.68. The van der Waals surface area contributed by atoms with Crippen LogP contribution in [0.2, 0.25) is 10.3 Å². The molecule has 19 heteroatoms. The second-order valence-electron chi connectivity index (χ2n) is 15.1. The van der Waals surface area contributed by atoms with Gasteiger partial charge in [-0.25, -0.2) is 19.3 Å². The van der Waals surface area contributed by atoms with Crippen LogP contribution in [0.3, 0.4) is 0 Å². The number of likely N-dealkylation sites (tertiary alicyclic amines) is 1. The van der Waals surface area contributed by atoms with Gasteiger partial charge in [-0.1, -0.05) is 55.5 Å². The van der Waals surface area contributed by atoms with E-state index in [0.29, 0.717) is 37.3 Å². The zero-order valence-corrected chi connectivity index (χ0v) is 37.2. The Kier molecular flexibility index (Phi) is 12.9. The lowest BCUT2D eigenvalue weighted by molar-refractivity contribution is -0.673. The normalized spacial score (nSPS) is 23.7. The number of pyridine rings is 1. The molecule has 0 radical (unpaired) electrons. The van der Waals surface area contributed by atoms with Gasteiger partial charge in [-0.05, 0) is 65.0 Å². The van der Waals surface area contributed by atoms with E-state index in [1.807, 2.05) is 60.4 Å². The van der Waals surface area contributed by atoms with E-state index in [-0.39, 0.29) is 57.5 Å². The molecule has 61 heavy (non-hydrogen) atoms. The number of hydrogen-bond acceptors (Lipinski definition) is 9. The summed E-state index contributed by atoms with van der Waals surface area (Å²) in [6.45, 7) is 5.69. The first-order valence-corrected chi connectivity index (χ1v) is 22.1. The van der Waals surface area contributed by atoms with Gasteiger partial charge >= 0.3 is 18.0 Å². The highest BCUT2D eigenvalue weighted by Gasteiger charge is 2.64. The van der Waals surface area contributed by atoms with E-state index in [9.17, 15) is 29.1 Å². The highest BCUT2D eigenvalue weighted by atomic mass is 35.5. The Morgan fingerprint density at radius 3 is 2.03 bits per heavy atom. The monoisotopic (exact) mass is 927 g/mol. The van der Waals surface area contributed by atoms with Crippen LogP contribution in [0.15, 0.2) is 72.8 Å². The number of amides is 6. The molecule has 2 aromatic heterocycles. The fourth-order valence-corrected chi connectivity index (χ4v) is 10.7. The van der Waals surface area contributed by atoms with Crippen molar-refractivity contribution in [2.75, 3.05) is 50.6 Å². The number of urea groups is 2. The largest absolute Gasteiger partial charge is 0.477 e. The minimum atomic E-state index is -1.35. The Morgan fingerprint density at radius 1 is 0.918 bits per heavy atom. The van der Waals surface area contributed by atoms with Gasteiger partial charge in [-0.15, -0.1) is 22.9 Å². The van der Waals surface area contributed by atoms with Crippen molar-refractivity contribution < 1.29 is 33.6 Å². The van der Waals surface area contributed by atoms with Gasteiger partial charge in [-0.3, -0.25) is 24.8 Å². The summed E-state index contributed by atoms with van der Waals surface area (Å²) < 4.78 is 1.42. The number of likely N-dealkylation sites (N-methyl/N-ethyl adjacent to an activating group) is 2. The zero-order valence-electron chi connectivity index (χ0n) is 33.4. The molecule has 4 fully saturated rings. The highest BCUT2D eigenvalue weighted by molar-refractivity contribution is 7.13. The summed E-state index contributed by atoms with van der Waals surface area (Å²) in [6.07, 6.45) is 0. The average molecular weight is 930 g/mol. The maximum absolute atomic E-state index is 14.8. The topological polar surface area (TPSA) is 170 Å². The van der Waals surface area contributed by atoms with E-state index < -0.39 is 40.9 Å². The molecule has 4 aliphatic heterocycles. The van der Waals surface area contributed by atoms with E-state index in [1.54, 1.807) is 26.1 Å². The van der Waals surface area contributed by atoms with Crippen LogP contribution < -0.4 is 20.1 Å². The number of rotatable bonds is 10. The van der Waals surface area contributed by atoms with Crippen molar-refractivity contribution in [2.45, 2.75) is 49.3 Å². The van der Waals surface area contributed by atoms with E-state index in [2.05, 4.69) is 10.6 Å². The molecule has 8 rings (SSSR count). The third-order valence-electron chi connectivity index (χ3n) is 11.9. The third-order valence-corrected chi connectivity index (χ3v) is 13.8. The Morgan fingerprint density at radius 2 is 1.51 bits per heavy atom. The summed E-state index contributed by atoms with van der Waals surface area (Å²) in [4.78, 5) is 73.2. The fraction of sp³-hybridized carbons (Fsp3) is 0.357. The summed E-state index contributed by atoms with van der Waals surface area (Å²) in [6, 6.07) is 20.1. The number of nitrogens with zero attached hydrogens (tertiary/aromatic N) is 5. The zero-order chi connectivity index (χ0) is 44.0. The minimum Gasteiger partial charge on any atom is -0.477 e. The molecule has 6 amide bonds. The first kappa shape index (κ1) is 44.4. The second-order valence-corrected chi connectivity index (χ2v) is 17.8. The lowest BCUT2D eigenvalue weighted by Gasteiger charge is -2.34. The van der Waals surface area contributed by atoms with Crippen LogP contribution in [0.4, 0.5) is 15.3 Å². The average Bonchev–Trinajstić information content (AvgIpc) is 4.05. The lowest BCUT2D eigenvalue weighted by Crippen LogP contribution is -2.53. The number of aromatic carboxylic acids is 1. The minimum absolute atomic E-state index is 0.0360. The van der Waals surface area contributed by atoms with E-state index in [1.165, 1.54) is 26.5 Å². The lowest BCUT2D eigenvalue weighted by atomic mass is 9.80. The molecule has 0 bridgehead atoms. The van der Waals surface area contributed by atoms with Crippen molar-refractivity contribution in [3.63, 3.8) is 0 Å². The molecule has 0 saturated carbocycles. The number of nitrogens with one attached hydrogen (secondary N) is 3. The number of thiophene rings is 1. The summed E-state index contributed by atoms with van der Waals surface area (Å²) in [5, 5.41) is 25.1. The maximum Gasteiger partial charge on any atom is 0.345 e. The van der Waals surface area contributed by atoms with Crippen LogP contribution in [0.25, 0.3) is 0 Å². The van der Waals surface area contributed by atoms with Crippen molar-refractivity contribution in [1.82, 2.24) is 25.3 Å². The number of aromatic nitrogens is 1. The van der Waals surface area contributed by atoms with Crippen molar-refractivity contribution in [2.24, 2.45) is 0 Å². The number of carbonyl (C=O) groups excluding carboxylic acids is 4. The van der Waals surface area contributed by atoms with E-state index >= 15 is 0 Å². The molecule has 4 aliphatic rings. The second kappa shape index (κ2) is 17.6. The van der Waals surface area contributed by atoms with Gasteiger partial charge in [0.05, 0.1) is 11.4 Å². The van der Waals surface area contributed by atoms with E-state index in [4.69, 9.17) is 51.8 Å². The van der Waals surface area contributed by atoms with Crippen molar-refractivity contribution in [3.05, 3.63) is 115 Å². The molecule has 0 aliphatic carbocycles. The molecule has 4 saturated heterocycles. The fourth-order valence-electron chi connectivity index (χ4n) is 8.87. The van der Waals surface area contributed by atoms with Gasteiger partial charge in [0.2, 0.25) is 6.00 Å². The van der Waals surface area contributed by atoms with Crippen LogP contribution in [0, 0.1) is 5.41 Å². The van der Waals surface area contributed by atoms with Crippen LogP contribution in [0.1, 0.15) is 62.5 Å². The molecule has 0 unspecified atom stereocenters. The van der Waals surface area contributed by atoms with E-state index in [0.717, 1.165) is 38.1 Å². The molecule has 320 valence electrons. The molecule has 2 spiro atoms. The molecule has 4 atom stereocenters. The van der Waals surface area contributed by atoms with Crippen molar-refractivity contribution >= 4 is 99.0 Å². The predicted molar refractivity (Wildman–Crippen MR) is 235 cm³/mol. The Bertz CT molecular complexity index is 2400. The SMILES string of the molecule is CCCl.CCN1C(=O)N[C@@]2(CNC[C@H]2c2ccc(C(=N)c3ccc([C@@H]4CN(Cc5ccc(C(=O)O)s5)C[C@]45C(=O)N(c4cc(Cl)[n+](CCl)c(Cl)c4)C(=O)N5C)cc3)cc2)C1=O. The molecule has 14 nitrogen and oxygen atoms in total. The molecule has 4 aromatic rings. The Labute approximate surface area is 376 Å². The molecule has 6 heterocycles. The first-order chi connectivity index (χ1) is 29.1. The van der Waals surface area contributed by atoms with Gasteiger partial charge in [-0.2, -0.15) is 4.57 Å². The Hall–Kier alpha value is -4.61.